The van der Waals surface area contributed by atoms with Gasteiger partial charge in [0, 0.05) is 19.3 Å². The molecule has 0 heterocycles. The van der Waals surface area contributed by atoms with Gasteiger partial charge in [-0.25, -0.2) is 4.79 Å². The quantitative estimate of drug-likeness (QED) is 0.0283. The standard InChI is InChI=1S/C51H89NO7/c1-6-8-10-12-14-16-18-20-22-23-24-25-26-27-28-30-32-34-36-38-40-42-50(54)59-47(45-57-44-43-48(51(55)56)52(3,4)5)46-58-49(53)41-39-37-35-33-31-29-21-19-17-15-13-11-9-7-2/h14,16,20,22,24-25,27-28,32,34,47-48H,6-13,15,17-19,21,23,26,29-31,33,35-46H2,1-5H3/p+1/b16-14+,22-20+,25-24+,28-27+,34-32+. The average molecular weight is 829 g/mol. The van der Waals surface area contributed by atoms with Gasteiger partial charge in [-0.15, -0.1) is 0 Å². The van der Waals surface area contributed by atoms with Crippen LogP contribution in [0, 0.1) is 0 Å². The van der Waals surface area contributed by atoms with Crippen LogP contribution >= 0.6 is 0 Å². The third kappa shape index (κ3) is 40.2. The Bertz CT molecular complexity index is 1150. The SMILES string of the molecule is CCCCC/C=C/C/C=C/C/C=C/C/C=C/C/C=C/CCCCC(=O)OC(COCCC(C(=O)O)[N+](C)(C)C)COC(=O)CCCCCCCCCCCCCCCC. The zero-order valence-electron chi connectivity index (χ0n) is 38.7. The number of carboxylic acid groups (broad SMARTS) is 1. The van der Waals surface area contributed by atoms with E-state index in [1.165, 1.54) is 96.3 Å². The van der Waals surface area contributed by atoms with Crippen LogP contribution in [0.4, 0.5) is 0 Å². The Balaban J connectivity index is 4.39. The maximum atomic E-state index is 12.7. The second-order valence-corrected chi connectivity index (χ2v) is 17.0. The fourth-order valence-electron chi connectivity index (χ4n) is 6.70. The molecule has 0 aliphatic rings. The van der Waals surface area contributed by atoms with Crippen molar-refractivity contribution in [2.75, 3.05) is 41.0 Å². The number of likely N-dealkylation sites (N-methyl/N-ethyl adjacent to an activating group) is 1. The Morgan fingerprint density at radius 3 is 1.36 bits per heavy atom. The van der Waals surface area contributed by atoms with Crippen LogP contribution < -0.4 is 0 Å². The highest BCUT2D eigenvalue weighted by Crippen LogP contribution is 2.14. The van der Waals surface area contributed by atoms with E-state index in [0.29, 0.717) is 19.3 Å². The van der Waals surface area contributed by atoms with E-state index in [4.69, 9.17) is 14.2 Å². The van der Waals surface area contributed by atoms with Crippen molar-refractivity contribution >= 4 is 17.9 Å². The van der Waals surface area contributed by atoms with Crippen molar-refractivity contribution in [2.24, 2.45) is 0 Å². The molecule has 59 heavy (non-hydrogen) atoms. The maximum absolute atomic E-state index is 12.7. The minimum Gasteiger partial charge on any atom is -0.477 e. The molecular weight excluding hydrogens is 739 g/mol. The molecule has 0 bridgehead atoms. The smallest absolute Gasteiger partial charge is 0.362 e. The average Bonchev–Trinajstić information content (AvgIpc) is 3.19. The Morgan fingerprint density at radius 1 is 0.508 bits per heavy atom. The molecule has 8 nitrogen and oxygen atoms in total. The molecule has 0 fully saturated rings. The molecular formula is C51H90NO7+. The molecule has 0 rings (SSSR count). The number of rotatable bonds is 42. The third-order valence-corrected chi connectivity index (χ3v) is 10.4. The Labute approximate surface area is 362 Å². The molecule has 0 spiro atoms. The van der Waals surface area contributed by atoms with Crippen LogP contribution in [0.2, 0.25) is 0 Å². The number of nitrogens with zero attached hydrogens (tertiary/aromatic N) is 1. The summed E-state index contributed by atoms with van der Waals surface area (Å²) in [5, 5.41) is 9.63. The van der Waals surface area contributed by atoms with Crippen LogP contribution in [0.3, 0.4) is 0 Å². The van der Waals surface area contributed by atoms with Crippen LogP contribution in [0.5, 0.6) is 0 Å². The summed E-state index contributed by atoms with van der Waals surface area (Å²) in [6, 6.07) is -0.624. The van der Waals surface area contributed by atoms with E-state index in [-0.39, 0.29) is 42.7 Å². The van der Waals surface area contributed by atoms with Crippen molar-refractivity contribution < 1.29 is 38.2 Å². The second kappa shape index (κ2) is 41.8. The molecule has 0 amide bonds. The van der Waals surface area contributed by atoms with Gasteiger partial charge in [-0.2, -0.15) is 0 Å². The minimum absolute atomic E-state index is 0.0432. The first-order chi connectivity index (χ1) is 28.6. The van der Waals surface area contributed by atoms with Crippen molar-refractivity contribution in [3.63, 3.8) is 0 Å². The molecule has 1 N–H and O–H groups in total. The molecule has 0 saturated carbocycles. The lowest BCUT2D eigenvalue weighted by Gasteiger charge is -2.31. The Kier molecular flexibility index (Phi) is 39.6. The number of carbonyl (C=O) groups is 3. The predicted molar refractivity (Wildman–Crippen MR) is 247 cm³/mol. The van der Waals surface area contributed by atoms with Crippen LogP contribution in [0.1, 0.15) is 194 Å². The number of quaternary nitrogens is 1. The molecule has 2 atom stereocenters. The topological polar surface area (TPSA) is 99.1 Å². The van der Waals surface area contributed by atoms with Gasteiger partial charge in [-0.05, 0) is 64.2 Å². The molecule has 0 saturated heterocycles. The van der Waals surface area contributed by atoms with Crippen molar-refractivity contribution in [3.8, 4) is 0 Å². The number of allylic oxidation sites excluding steroid dienone is 10. The summed E-state index contributed by atoms with van der Waals surface area (Å²) in [5.74, 6) is -1.52. The molecule has 0 aliphatic carbocycles. The van der Waals surface area contributed by atoms with Gasteiger partial charge in [-0.1, -0.05) is 171 Å². The Morgan fingerprint density at radius 2 is 0.898 bits per heavy atom. The monoisotopic (exact) mass is 829 g/mol. The van der Waals surface area contributed by atoms with Gasteiger partial charge in [0.15, 0.2) is 12.1 Å². The second-order valence-electron chi connectivity index (χ2n) is 17.0. The summed E-state index contributed by atoms with van der Waals surface area (Å²) in [7, 11) is 5.51. The predicted octanol–water partition coefficient (Wildman–Crippen LogP) is 13.4. The number of ether oxygens (including phenoxy) is 3. The lowest BCUT2D eigenvalue weighted by atomic mass is 10.0. The molecule has 0 radical (unpaired) electrons. The molecule has 340 valence electrons. The van der Waals surface area contributed by atoms with E-state index >= 15 is 0 Å². The first kappa shape index (κ1) is 56.0. The van der Waals surface area contributed by atoms with Gasteiger partial charge in [0.1, 0.15) is 6.61 Å². The van der Waals surface area contributed by atoms with Gasteiger partial charge in [0.2, 0.25) is 0 Å². The van der Waals surface area contributed by atoms with E-state index in [0.717, 1.165) is 57.8 Å². The molecule has 8 heteroatoms. The highest BCUT2D eigenvalue weighted by Gasteiger charge is 2.31. The normalized spacial score (nSPS) is 13.4. The first-order valence-corrected chi connectivity index (χ1v) is 23.8. The van der Waals surface area contributed by atoms with E-state index in [2.05, 4.69) is 74.6 Å². The molecule has 2 unspecified atom stereocenters. The Hall–Kier alpha value is -2.97. The fourth-order valence-corrected chi connectivity index (χ4v) is 6.70. The number of aliphatic carboxylic acids is 1. The first-order valence-electron chi connectivity index (χ1n) is 23.8. The summed E-state index contributed by atoms with van der Waals surface area (Å²) in [5.41, 5.74) is 0. The molecule has 0 aromatic carbocycles. The summed E-state index contributed by atoms with van der Waals surface area (Å²) in [6.45, 7) is 4.67. The van der Waals surface area contributed by atoms with Crippen molar-refractivity contribution in [1.82, 2.24) is 0 Å². The molecule has 0 aromatic rings. The number of esters is 2. The van der Waals surface area contributed by atoms with E-state index in [1.807, 2.05) is 21.1 Å². The third-order valence-electron chi connectivity index (χ3n) is 10.4. The minimum atomic E-state index is -0.883. The number of hydrogen-bond acceptors (Lipinski definition) is 6. The summed E-state index contributed by atoms with van der Waals surface area (Å²) in [4.78, 5) is 37.0. The highest BCUT2D eigenvalue weighted by atomic mass is 16.6. The van der Waals surface area contributed by atoms with Gasteiger partial charge >= 0.3 is 17.9 Å². The van der Waals surface area contributed by atoms with Crippen molar-refractivity contribution in [2.45, 2.75) is 206 Å². The number of hydrogen-bond donors (Lipinski definition) is 1. The number of carbonyl (C=O) groups excluding carboxylic acids is 2. The van der Waals surface area contributed by atoms with Gasteiger partial charge in [0.05, 0.1) is 34.4 Å². The van der Waals surface area contributed by atoms with Crippen molar-refractivity contribution in [3.05, 3.63) is 60.8 Å². The van der Waals surface area contributed by atoms with Gasteiger partial charge in [0.25, 0.3) is 0 Å². The molecule has 0 aliphatic heterocycles. The van der Waals surface area contributed by atoms with E-state index in [9.17, 15) is 19.5 Å². The maximum Gasteiger partial charge on any atom is 0.362 e. The highest BCUT2D eigenvalue weighted by molar-refractivity contribution is 5.72. The molecule has 0 aromatic heterocycles. The number of unbranched alkanes of at least 4 members (excludes halogenated alkanes) is 18. The zero-order valence-corrected chi connectivity index (χ0v) is 38.7. The largest absolute Gasteiger partial charge is 0.477 e. The van der Waals surface area contributed by atoms with Gasteiger partial charge < -0.3 is 23.8 Å². The van der Waals surface area contributed by atoms with E-state index in [1.54, 1.807) is 0 Å². The van der Waals surface area contributed by atoms with Crippen LogP contribution in [-0.4, -0.2) is 80.6 Å². The zero-order chi connectivity index (χ0) is 43.5. The van der Waals surface area contributed by atoms with Crippen molar-refractivity contribution in [1.29, 1.82) is 0 Å². The van der Waals surface area contributed by atoms with Crippen LogP contribution in [0.25, 0.3) is 0 Å². The number of carboxylic acids is 1. The van der Waals surface area contributed by atoms with E-state index < -0.39 is 18.1 Å². The summed E-state index contributed by atoms with van der Waals surface area (Å²) < 4.78 is 17.3. The fraction of sp³-hybridized carbons (Fsp3) is 0.745. The van der Waals surface area contributed by atoms with Crippen LogP contribution in [-0.2, 0) is 28.6 Å². The lowest BCUT2D eigenvalue weighted by Crippen LogP contribution is -2.50. The summed E-state index contributed by atoms with van der Waals surface area (Å²) in [6.07, 6.45) is 51.2. The lowest BCUT2D eigenvalue weighted by molar-refractivity contribution is -0.887. The van der Waals surface area contributed by atoms with Crippen LogP contribution in [0.15, 0.2) is 60.8 Å². The summed E-state index contributed by atoms with van der Waals surface area (Å²) >= 11 is 0. The van der Waals surface area contributed by atoms with Gasteiger partial charge in [-0.3, -0.25) is 9.59 Å².